The lowest BCUT2D eigenvalue weighted by Gasteiger charge is -2.35. The average molecular weight is 592 g/mol. The number of hydrogen-bond donors (Lipinski definition) is 1. The highest BCUT2D eigenvalue weighted by Crippen LogP contribution is 2.56. The fraction of sp³-hybridized carbons (Fsp3) is 0.543. The van der Waals surface area contributed by atoms with Gasteiger partial charge in [-0.3, -0.25) is 19.2 Å². The van der Waals surface area contributed by atoms with Gasteiger partial charge in [-0.1, -0.05) is 63.2 Å². The Hall–Kier alpha value is -3.52. The van der Waals surface area contributed by atoms with Gasteiger partial charge in [-0.2, -0.15) is 0 Å². The second-order valence-electron chi connectivity index (χ2n) is 14.2. The van der Waals surface area contributed by atoms with E-state index in [9.17, 15) is 24.3 Å². The number of likely N-dealkylation sites (tertiary alicyclic amines) is 1. The number of fused-ring (bicyclic) bond motifs is 1. The quantitative estimate of drug-likeness (QED) is 0.254. The molecule has 2 aromatic rings. The van der Waals surface area contributed by atoms with Crippen molar-refractivity contribution in [3.8, 4) is 0 Å². The lowest BCUT2D eigenvalue weighted by molar-refractivity contribution is -0.161. The number of allylic oxidation sites excluding steroid dienone is 1. The van der Waals surface area contributed by atoms with Crippen LogP contribution in [0.2, 0.25) is 0 Å². The molecule has 8 nitrogen and oxygen atoms in total. The highest BCUT2D eigenvalue weighted by Gasteiger charge is 2.61. The highest BCUT2D eigenvalue weighted by molar-refractivity contribution is 5.95. The van der Waals surface area contributed by atoms with E-state index in [1.807, 2.05) is 57.2 Å². The number of aliphatic carboxylic acids is 1. The lowest BCUT2D eigenvalue weighted by atomic mass is 9.77. The Morgan fingerprint density at radius 1 is 1.07 bits per heavy atom. The van der Waals surface area contributed by atoms with Crippen LogP contribution in [-0.4, -0.2) is 57.9 Å². The number of nitrogens with zero attached hydrogens (tertiary/aromatic N) is 1. The summed E-state index contributed by atoms with van der Waals surface area (Å²) in [6.45, 7) is 15.2. The van der Waals surface area contributed by atoms with Crippen LogP contribution in [0.3, 0.4) is 0 Å². The third-order valence-corrected chi connectivity index (χ3v) is 8.69. The standard InChI is InChI=1S/C35H45NO7/c1-8-25-18-35(25,32(40)41)19-29(37)28-16-26(42-21-22-13-14-23-11-9-10-12-24(23)15-22)20-36(28)31(39)27(33(2,3)4)17-30(38)43-34(5,6)7/h8-15,25-28H,1,16-21H2,2-7H3,(H,40,41)/t25?,26-,27?,28+,35?/m1/s1. The predicted molar refractivity (Wildman–Crippen MR) is 164 cm³/mol. The van der Waals surface area contributed by atoms with Crippen molar-refractivity contribution in [2.45, 2.75) is 91.6 Å². The summed E-state index contributed by atoms with van der Waals surface area (Å²) in [4.78, 5) is 54.5. The number of carboxylic acid groups (broad SMARTS) is 1. The van der Waals surface area contributed by atoms with Crippen molar-refractivity contribution in [1.82, 2.24) is 4.90 Å². The Labute approximate surface area is 254 Å². The number of carbonyl (C=O) groups is 4. The number of amides is 1. The van der Waals surface area contributed by atoms with Crippen molar-refractivity contribution < 1.29 is 33.8 Å². The molecule has 1 saturated heterocycles. The monoisotopic (exact) mass is 591 g/mol. The van der Waals surface area contributed by atoms with Gasteiger partial charge in [0.15, 0.2) is 5.78 Å². The summed E-state index contributed by atoms with van der Waals surface area (Å²) in [5.74, 6) is -3.16. The molecule has 1 saturated carbocycles. The van der Waals surface area contributed by atoms with Gasteiger partial charge < -0.3 is 19.5 Å². The molecule has 8 heteroatoms. The molecule has 0 aromatic heterocycles. The zero-order chi connectivity index (χ0) is 31.7. The zero-order valence-corrected chi connectivity index (χ0v) is 26.2. The fourth-order valence-electron chi connectivity index (χ4n) is 6.12. The van der Waals surface area contributed by atoms with Crippen LogP contribution >= 0.6 is 0 Å². The van der Waals surface area contributed by atoms with Crippen molar-refractivity contribution in [2.24, 2.45) is 22.7 Å². The number of carboxylic acids is 1. The Bertz CT molecular complexity index is 1400. The summed E-state index contributed by atoms with van der Waals surface area (Å²) in [6, 6.07) is 13.3. The van der Waals surface area contributed by atoms with Crippen LogP contribution in [-0.2, 0) is 35.3 Å². The van der Waals surface area contributed by atoms with E-state index >= 15 is 0 Å². The molecule has 1 aliphatic carbocycles. The Balaban J connectivity index is 1.56. The molecule has 0 bridgehead atoms. The molecule has 2 fully saturated rings. The van der Waals surface area contributed by atoms with Gasteiger partial charge in [-0.25, -0.2) is 0 Å². The maximum Gasteiger partial charge on any atom is 0.310 e. The molecular formula is C35H45NO7. The number of carbonyl (C=O) groups excluding carboxylic acids is 3. The molecule has 1 amide bonds. The van der Waals surface area contributed by atoms with Crippen molar-refractivity contribution in [2.75, 3.05) is 6.54 Å². The maximum atomic E-state index is 14.2. The first-order valence-corrected chi connectivity index (χ1v) is 15.0. The third-order valence-electron chi connectivity index (χ3n) is 8.69. The van der Waals surface area contributed by atoms with Crippen LogP contribution in [0, 0.1) is 22.7 Å². The van der Waals surface area contributed by atoms with E-state index < -0.39 is 46.4 Å². The molecule has 2 aromatic carbocycles. The number of esters is 1. The molecule has 43 heavy (non-hydrogen) atoms. The van der Waals surface area contributed by atoms with Crippen molar-refractivity contribution >= 4 is 34.4 Å². The van der Waals surface area contributed by atoms with Gasteiger partial charge in [-0.15, -0.1) is 6.58 Å². The molecule has 2 aliphatic rings. The van der Waals surface area contributed by atoms with E-state index in [1.165, 1.54) is 4.90 Å². The van der Waals surface area contributed by atoms with E-state index in [-0.39, 0.29) is 43.4 Å². The highest BCUT2D eigenvalue weighted by atomic mass is 16.6. The van der Waals surface area contributed by atoms with Crippen LogP contribution < -0.4 is 0 Å². The summed E-state index contributed by atoms with van der Waals surface area (Å²) >= 11 is 0. The molecule has 1 heterocycles. The minimum atomic E-state index is -1.18. The SMILES string of the molecule is C=CC1CC1(CC(=O)[C@@H]1C[C@@H](OCc2ccc3ccccc3c2)CN1C(=O)C(CC(=O)OC(C)(C)C)C(C)(C)C)C(=O)O. The molecule has 4 rings (SSSR count). The van der Waals surface area contributed by atoms with E-state index in [1.54, 1.807) is 26.8 Å². The third kappa shape index (κ3) is 7.53. The van der Waals surface area contributed by atoms with Crippen LogP contribution in [0.25, 0.3) is 10.8 Å². The normalized spacial score (nSPS) is 24.4. The second-order valence-corrected chi connectivity index (χ2v) is 14.2. The number of rotatable bonds is 11. The lowest BCUT2D eigenvalue weighted by Crippen LogP contribution is -2.48. The molecule has 1 N–H and O–H groups in total. The first-order valence-electron chi connectivity index (χ1n) is 15.0. The first kappa shape index (κ1) is 32.4. The Morgan fingerprint density at radius 3 is 2.33 bits per heavy atom. The van der Waals surface area contributed by atoms with E-state index in [0.29, 0.717) is 13.0 Å². The van der Waals surface area contributed by atoms with Crippen LogP contribution in [0.15, 0.2) is 55.1 Å². The Kier molecular flexibility index (Phi) is 9.21. The number of ether oxygens (including phenoxy) is 2. The summed E-state index contributed by atoms with van der Waals surface area (Å²) < 4.78 is 11.8. The van der Waals surface area contributed by atoms with Crippen molar-refractivity contribution in [3.63, 3.8) is 0 Å². The number of hydrogen-bond acceptors (Lipinski definition) is 6. The van der Waals surface area contributed by atoms with Crippen LogP contribution in [0.5, 0.6) is 0 Å². The molecule has 0 spiro atoms. The summed E-state index contributed by atoms with van der Waals surface area (Å²) in [6.07, 6.45) is 1.46. The number of benzene rings is 2. The van der Waals surface area contributed by atoms with Gasteiger partial charge in [-0.05, 0) is 60.9 Å². The molecular weight excluding hydrogens is 546 g/mol. The predicted octanol–water partition coefficient (Wildman–Crippen LogP) is 5.96. The number of ketones is 1. The van der Waals surface area contributed by atoms with Gasteiger partial charge >= 0.3 is 11.9 Å². The van der Waals surface area contributed by atoms with Crippen molar-refractivity contribution in [1.29, 1.82) is 0 Å². The van der Waals surface area contributed by atoms with E-state index in [4.69, 9.17) is 9.47 Å². The van der Waals surface area contributed by atoms with E-state index in [0.717, 1.165) is 16.3 Å². The minimum Gasteiger partial charge on any atom is -0.481 e. The molecule has 5 atom stereocenters. The fourth-order valence-corrected chi connectivity index (χ4v) is 6.12. The summed E-state index contributed by atoms with van der Waals surface area (Å²) in [5.41, 5.74) is -1.51. The molecule has 3 unspecified atom stereocenters. The van der Waals surface area contributed by atoms with Crippen molar-refractivity contribution in [3.05, 3.63) is 60.7 Å². The zero-order valence-electron chi connectivity index (χ0n) is 26.2. The minimum absolute atomic E-state index is 0.128. The molecule has 232 valence electrons. The van der Waals surface area contributed by atoms with Gasteiger partial charge in [0.25, 0.3) is 0 Å². The maximum absolute atomic E-state index is 14.2. The van der Waals surface area contributed by atoms with Gasteiger partial charge in [0, 0.05) is 19.4 Å². The Morgan fingerprint density at radius 2 is 1.74 bits per heavy atom. The topological polar surface area (TPSA) is 110 Å². The first-order chi connectivity index (χ1) is 20.0. The number of Topliss-reactive ketones (excluding diaryl/α,β-unsaturated/α-hetero) is 1. The summed E-state index contributed by atoms with van der Waals surface area (Å²) in [5, 5.41) is 12.2. The molecule has 0 radical (unpaired) electrons. The van der Waals surface area contributed by atoms with Gasteiger partial charge in [0.1, 0.15) is 5.60 Å². The molecule has 1 aliphatic heterocycles. The van der Waals surface area contributed by atoms with Crippen LogP contribution in [0.4, 0.5) is 0 Å². The van der Waals surface area contributed by atoms with Crippen LogP contribution in [0.1, 0.15) is 72.8 Å². The van der Waals surface area contributed by atoms with E-state index in [2.05, 4.69) is 12.6 Å². The summed E-state index contributed by atoms with van der Waals surface area (Å²) in [7, 11) is 0. The second kappa shape index (κ2) is 12.2. The smallest absolute Gasteiger partial charge is 0.310 e. The largest absolute Gasteiger partial charge is 0.481 e. The van der Waals surface area contributed by atoms with Gasteiger partial charge in [0.2, 0.25) is 5.91 Å². The van der Waals surface area contributed by atoms with Gasteiger partial charge in [0.05, 0.1) is 36.5 Å². The average Bonchev–Trinajstić information content (AvgIpc) is 3.47.